The molecule has 0 radical (unpaired) electrons. The van der Waals surface area contributed by atoms with Crippen LogP contribution in [0.25, 0.3) is 0 Å². The molecule has 0 bridgehead atoms. The first-order valence-electron chi connectivity index (χ1n) is 5.68. The van der Waals surface area contributed by atoms with Crippen LogP contribution in [-0.4, -0.2) is 39.7 Å². The minimum atomic E-state index is -1.13. The standard InChI is InChI=1S/C13H17NO3/c15-11-7-6-10(12(16)13(11)17)14-8-9-4-2-1-3-5-9/h1-7,10-17H,8H2/t10-,11-,12-,13-/m1/s1. The lowest BCUT2D eigenvalue weighted by Crippen LogP contribution is -2.51. The third-order valence-electron chi connectivity index (χ3n) is 2.97. The number of hydrogen-bond acceptors (Lipinski definition) is 4. The van der Waals surface area contributed by atoms with Gasteiger partial charge in [0, 0.05) is 6.54 Å². The zero-order chi connectivity index (χ0) is 12.3. The van der Waals surface area contributed by atoms with Crippen LogP contribution < -0.4 is 5.32 Å². The number of aliphatic hydroxyl groups excluding tert-OH is 3. The molecule has 4 atom stereocenters. The van der Waals surface area contributed by atoms with Gasteiger partial charge in [-0.1, -0.05) is 42.5 Å². The summed E-state index contributed by atoms with van der Waals surface area (Å²) in [6, 6.07) is 9.47. The maximum absolute atomic E-state index is 9.76. The highest BCUT2D eigenvalue weighted by molar-refractivity contribution is 5.16. The highest BCUT2D eigenvalue weighted by Gasteiger charge is 2.32. The lowest BCUT2D eigenvalue weighted by molar-refractivity contribution is -0.0567. The van der Waals surface area contributed by atoms with Crippen LogP contribution in [0, 0.1) is 0 Å². The van der Waals surface area contributed by atoms with E-state index in [9.17, 15) is 15.3 Å². The lowest BCUT2D eigenvalue weighted by Gasteiger charge is -2.31. The molecule has 0 aromatic heterocycles. The predicted molar refractivity (Wildman–Crippen MR) is 64.2 cm³/mol. The fourth-order valence-corrected chi connectivity index (χ4v) is 1.90. The highest BCUT2D eigenvalue weighted by atomic mass is 16.4. The van der Waals surface area contributed by atoms with Crippen LogP contribution in [0.4, 0.5) is 0 Å². The van der Waals surface area contributed by atoms with E-state index >= 15 is 0 Å². The Kier molecular flexibility index (Phi) is 3.91. The van der Waals surface area contributed by atoms with Crippen LogP contribution in [0.5, 0.6) is 0 Å². The van der Waals surface area contributed by atoms with Crippen molar-refractivity contribution in [3.05, 3.63) is 48.0 Å². The van der Waals surface area contributed by atoms with Crippen LogP contribution in [0.1, 0.15) is 5.56 Å². The minimum absolute atomic E-state index is 0.339. The molecular weight excluding hydrogens is 218 g/mol. The van der Waals surface area contributed by atoms with E-state index in [4.69, 9.17) is 0 Å². The van der Waals surface area contributed by atoms with Crippen molar-refractivity contribution < 1.29 is 15.3 Å². The second kappa shape index (κ2) is 5.42. The Hall–Kier alpha value is -1.20. The van der Waals surface area contributed by atoms with Crippen molar-refractivity contribution in [1.29, 1.82) is 0 Å². The third-order valence-corrected chi connectivity index (χ3v) is 2.97. The van der Waals surface area contributed by atoms with Gasteiger partial charge in [0.25, 0.3) is 0 Å². The van der Waals surface area contributed by atoms with Gasteiger partial charge in [0.2, 0.25) is 0 Å². The van der Waals surface area contributed by atoms with Crippen molar-refractivity contribution in [2.45, 2.75) is 30.9 Å². The molecule has 1 aromatic rings. The second-order valence-corrected chi connectivity index (χ2v) is 4.25. The summed E-state index contributed by atoms with van der Waals surface area (Å²) < 4.78 is 0. The molecule has 0 saturated heterocycles. The highest BCUT2D eigenvalue weighted by Crippen LogP contribution is 2.14. The fraction of sp³-hybridized carbons (Fsp3) is 0.385. The van der Waals surface area contributed by atoms with Gasteiger partial charge in [-0.15, -0.1) is 0 Å². The van der Waals surface area contributed by atoms with Crippen LogP contribution in [-0.2, 0) is 6.54 Å². The second-order valence-electron chi connectivity index (χ2n) is 4.25. The van der Waals surface area contributed by atoms with Gasteiger partial charge in [0.15, 0.2) is 0 Å². The first kappa shape index (κ1) is 12.3. The van der Waals surface area contributed by atoms with E-state index in [2.05, 4.69) is 5.32 Å². The van der Waals surface area contributed by atoms with Crippen molar-refractivity contribution in [3.63, 3.8) is 0 Å². The number of rotatable bonds is 3. The summed E-state index contributed by atoms with van der Waals surface area (Å²) in [6.45, 7) is 0.607. The summed E-state index contributed by atoms with van der Waals surface area (Å²) in [7, 11) is 0. The Morgan fingerprint density at radius 1 is 0.941 bits per heavy atom. The molecule has 4 nitrogen and oxygen atoms in total. The summed E-state index contributed by atoms with van der Waals surface area (Å²) >= 11 is 0. The monoisotopic (exact) mass is 235 g/mol. The Bertz CT molecular complexity index is 380. The molecule has 0 fully saturated rings. The topological polar surface area (TPSA) is 72.7 Å². The van der Waals surface area contributed by atoms with E-state index in [1.807, 2.05) is 30.3 Å². The van der Waals surface area contributed by atoms with E-state index in [1.54, 1.807) is 6.08 Å². The van der Waals surface area contributed by atoms with Crippen molar-refractivity contribution in [2.75, 3.05) is 0 Å². The van der Waals surface area contributed by atoms with Gasteiger partial charge in [-0.25, -0.2) is 0 Å². The quantitative estimate of drug-likeness (QED) is 0.547. The van der Waals surface area contributed by atoms with Crippen molar-refractivity contribution in [2.24, 2.45) is 0 Å². The van der Waals surface area contributed by atoms with Crippen molar-refractivity contribution in [3.8, 4) is 0 Å². The van der Waals surface area contributed by atoms with Crippen LogP contribution in [0.2, 0.25) is 0 Å². The molecule has 0 unspecified atom stereocenters. The molecular formula is C13H17NO3. The van der Waals surface area contributed by atoms with E-state index in [0.29, 0.717) is 6.54 Å². The normalized spacial score (nSPS) is 32.6. The summed E-state index contributed by atoms with van der Waals surface area (Å²) in [4.78, 5) is 0. The van der Waals surface area contributed by atoms with E-state index in [1.165, 1.54) is 6.08 Å². The summed E-state index contributed by atoms with van der Waals surface area (Å²) in [6.07, 6.45) is 0.0807. The van der Waals surface area contributed by atoms with E-state index in [0.717, 1.165) is 5.56 Å². The summed E-state index contributed by atoms with van der Waals surface area (Å²) in [5.74, 6) is 0. The van der Waals surface area contributed by atoms with Gasteiger partial charge in [-0.3, -0.25) is 0 Å². The molecule has 1 aromatic carbocycles. The molecule has 0 aliphatic heterocycles. The number of benzene rings is 1. The van der Waals surface area contributed by atoms with Crippen LogP contribution >= 0.6 is 0 Å². The SMILES string of the molecule is O[C@H]1[C@H](O)[C@H](NCc2ccccc2)C=C[C@H]1O. The zero-order valence-electron chi connectivity index (χ0n) is 9.40. The summed E-state index contributed by atoms with van der Waals surface area (Å²) in [5.41, 5.74) is 1.11. The van der Waals surface area contributed by atoms with Crippen LogP contribution in [0.15, 0.2) is 42.5 Å². The van der Waals surface area contributed by atoms with Gasteiger partial charge < -0.3 is 20.6 Å². The van der Waals surface area contributed by atoms with Gasteiger partial charge in [-0.05, 0) is 5.56 Å². The Labute approximate surface area is 100 Å². The smallest absolute Gasteiger partial charge is 0.111 e. The maximum atomic E-state index is 9.76. The molecule has 0 amide bonds. The molecule has 92 valence electrons. The zero-order valence-corrected chi connectivity index (χ0v) is 9.40. The van der Waals surface area contributed by atoms with Crippen molar-refractivity contribution in [1.82, 2.24) is 5.32 Å². The molecule has 4 heteroatoms. The Morgan fingerprint density at radius 2 is 1.65 bits per heavy atom. The molecule has 2 rings (SSSR count). The molecule has 4 N–H and O–H groups in total. The summed E-state index contributed by atoms with van der Waals surface area (Å²) in [5, 5.41) is 31.7. The van der Waals surface area contributed by atoms with Gasteiger partial charge in [0.05, 0.1) is 6.04 Å². The third kappa shape index (κ3) is 2.92. The largest absolute Gasteiger partial charge is 0.388 e. The number of aliphatic hydroxyl groups is 3. The fourth-order valence-electron chi connectivity index (χ4n) is 1.90. The predicted octanol–water partition coefficient (Wildman–Crippen LogP) is -0.203. The van der Waals surface area contributed by atoms with Crippen LogP contribution in [0.3, 0.4) is 0 Å². The Balaban J connectivity index is 1.94. The minimum Gasteiger partial charge on any atom is -0.388 e. The first-order chi connectivity index (χ1) is 8.18. The maximum Gasteiger partial charge on any atom is 0.111 e. The van der Waals surface area contributed by atoms with Crippen molar-refractivity contribution >= 4 is 0 Å². The number of nitrogens with one attached hydrogen (secondary N) is 1. The Morgan fingerprint density at radius 3 is 2.35 bits per heavy atom. The first-order valence-corrected chi connectivity index (χ1v) is 5.68. The molecule has 17 heavy (non-hydrogen) atoms. The molecule has 1 aliphatic carbocycles. The van der Waals surface area contributed by atoms with E-state index in [-0.39, 0.29) is 6.04 Å². The molecule has 0 saturated carbocycles. The van der Waals surface area contributed by atoms with Gasteiger partial charge in [-0.2, -0.15) is 0 Å². The molecule has 0 heterocycles. The van der Waals surface area contributed by atoms with Gasteiger partial charge >= 0.3 is 0 Å². The average molecular weight is 235 g/mol. The van der Waals surface area contributed by atoms with E-state index < -0.39 is 18.3 Å². The number of hydrogen-bond donors (Lipinski definition) is 4. The average Bonchev–Trinajstić information content (AvgIpc) is 2.36. The molecule has 1 aliphatic rings. The molecule has 0 spiro atoms. The lowest BCUT2D eigenvalue weighted by atomic mass is 9.94. The van der Waals surface area contributed by atoms with Gasteiger partial charge in [0.1, 0.15) is 18.3 Å².